The van der Waals surface area contributed by atoms with Crippen LogP contribution in [0.25, 0.3) is 11.0 Å². The fourth-order valence-corrected chi connectivity index (χ4v) is 7.57. The van der Waals surface area contributed by atoms with Crippen LogP contribution in [-0.2, 0) is 6.42 Å². The number of nitrogens with one attached hydrogen (secondary N) is 2. The van der Waals surface area contributed by atoms with Crippen LogP contribution in [0.4, 0.5) is 34.5 Å². The van der Waals surface area contributed by atoms with Gasteiger partial charge in [-0.1, -0.05) is 25.8 Å². The minimum Gasteiger partial charge on any atom is -0.494 e. The smallest absolute Gasteiger partial charge is 0.229 e. The molecule has 0 atom stereocenters. The molecule has 0 bridgehead atoms. The van der Waals surface area contributed by atoms with Crippen molar-refractivity contribution in [3.8, 4) is 5.75 Å². The van der Waals surface area contributed by atoms with Crippen LogP contribution in [0.2, 0.25) is 0 Å². The molecule has 0 spiro atoms. The average molecular weight is 722 g/mol. The molecule has 0 saturated carbocycles. The predicted molar refractivity (Wildman–Crippen MR) is 199 cm³/mol. The fraction of sp³-hybridized carbons (Fsp3) is 0.471. The molecular formula is C34H45BrN10OS. The number of fused-ring (bicyclic) bond motifs is 1. The molecule has 2 aromatic heterocycles. The van der Waals surface area contributed by atoms with E-state index in [9.17, 15) is 0 Å². The van der Waals surface area contributed by atoms with E-state index < -0.39 is 0 Å². The highest BCUT2D eigenvalue weighted by Gasteiger charge is 2.28. The maximum atomic E-state index is 5.93. The number of hydrogen-bond acceptors (Lipinski definition) is 12. The molecule has 4 aromatic rings. The number of anilines is 6. The van der Waals surface area contributed by atoms with Crippen molar-refractivity contribution in [2.75, 3.05) is 86.1 Å². The maximum absolute atomic E-state index is 5.93. The summed E-state index contributed by atoms with van der Waals surface area (Å²) in [5, 5.41) is 6.98. The van der Waals surface area contributed by atoms with Gasteiger partial charge >= 0.3 is 0 Å². The van der Waals surface area contributed by atoms with E-state index in [0.717, 1.165) is 63.6 Å². The van der Waals surface area contributed by atoms with Crippen LogP contribution in [0, 0.1) is 0 Å². The van der Waals surface area contributed by atoms with Crippen LogP contribution in [0.15, 0.2) is 47.3 Å². The van der Waals surface area contributed by atoms with Crippen molar-refractivity contribution in [1.29, 1.82) is 0 Å². The first kappa shape index (κ1) is 33.5. The SMILES string of the molecule is CCSN(C)c1c(Nc2nc(Nc3cc(CC)c(N4CCC(N5CCN(C)CC5)CC4)cc3OC)ncc2Br)ccc2nccnc12. The zero-order valence-corrected chi connectivity index (χ0v) is 30.4. The molecule has 2 saturated heterocycles. The molecule has 6 rings (SSSR count). The van der Waals surface area contributed by atoms with Gasteiger partial charge in [-0.25, -0.2) is 4.98 Å². The Morgan fingerprint density at radius 3 is 2.47 bits per heavy atom. The largest absolute Gasteiger partial charge is 0.494 e. The molecule has 11 nitrogen and oxygen atoms in total. The van der Waals surface area contributed by atoms with Crippen LogP contribution < -0.4 is 24.6 Å². The van der Waals surface area contributed by atoms with Crippen LogP contribution >= 0.6 is 27.9 Å². The number of hydrogen-bond donors (Lipinski definition) is 2. The first-order chi connectivity index (χ1) is 22.9. The van der Waals surface area contributed by atoms with E-state index in [1.165, 1.54) is 50.3 Å². The van der Waals surface area contributed by atoms with E-state index in [1.807, 2.05) is 19.2 Å². The molecule has 0 aliphatic carbocycles. The minimum atomic E-state index is 0.468. The van der Waals surface area contributed by atoms with Gasteiger partial charge in [-0.3, -0.25) is 14.9 Å². The molecule has 2 fully saturated rings. The average Bonchev–Trinajstić information content (AvgIpc) is 3.10. The number of aromatic nitrogens is 4. The molecule has 2 aromatic carbocycles. The lowest BCUT2D eigenvalue weighted by molar-refractivity contribution is 0.0982. The van der Waals surface area contributed by atoms with E-state index in [4.69, 9.17) is 9.72 Å². The minimum absolute atomic E-state index is 0.468. The Morgan fingerprint density at radius 1 is 0.979 bits per heavy atom. The van der Waals surface area contributed by atoms with Gasteiger partial charge in [0.2, 0.25) is 5.95 Å². The molecule has 250 valence electrons. The van der Waals surface area contributed by atoms with Crippen molar-refractivity contribution in [1.82, 2.24) is 29.7 Å². The molecule has 2 aliphatic heterocycles. The highest BCUT2D eigenvalue weighted by Crippen LogP contribution is 2.39. The molecule has 4 heterocycles. The molecular weight excluding hydrogens is 676 g/mol. The number of methoxy groups -OCH3 is 1. The summed E-state index contributed by atoms with van der Waals surface area (Å²) >= 11 is 5.36. The Kier molecular flexibility index (Phi) is 10.9. The van der Waals surface area contributed by atoms with Crippen LogP contribution in [0.3, 0.4) is 0 Å². The van der Waals surface area contributed by atoms with Gasteiger partial charge in [-0.05, 0) is 66.0 Å². The summed E-state index contributed by atoms with van der Waals surface area (Å²) in [6.45, 7) is 11.1. The summed E-state index contributed by atoms with van der Waals surface area (Å²) in [5.41, 5.74) is 6.85. The van der Waals surface area contributed by atoms with E-state index in [-0.39, 0.29) is 0 Å². The number of rotatable bonds is 11. The predicted octanol–water partition coefficient (Wildman–Crippen LogP) is 6.56. The maximum Gasteiger partial charge on any atom is 0.229 e. The summed E-state index contributed by atoms with van der Waals surface area (Å²) in [4.78, 5) is 26.3. The third-order valence-corrected chi connectivity index (χ3v) is 10.5. The monoisotopic (exact) mass is 720 g/mol. The number of piperidine rings is 1. The Balaban J connectivity index is 1.22. The molecule has 0 amide bonds. The summed E-state index contributed by atoms with van der Waals surface area (Å²) < 4.78 is 8.80. The quantitative estimate of drug-likeness (QED) is 0.164. The summed E-state index contributed by atoms with van der Waals surface area (Å²) in [5.74, 6) is 2.80. The van der Waals surface area contributed by atoms with Gasteiger partial charge in [-0.15, -0.1) is 0 Å². The zero-order valence-electron chi connectivity index (χ0n) is 28.0. The summed E-state index contributed by atoms with van der Waals surface area (Å²) in [7, 11) is 5.99. The molecule has 47 heavy (non-hydrogen) atoms. The number of ether oxygens (including phenoxy) is 1. The normalized spacial score (nSPS) is 16.4. The van der Waals surface area contributed by atoms with Gasteiger partial charge in [0, 0.05) is 88.5 Å². The molecule has 13 heteroatoms. The first-order valence-electron chi connectivity index (χ1n) is 16.4. The summed E-state index contributed by atoms with van der Waals surface area (Å²) in [6, 6.07) is 9.04. The van der Waals surface area contributed by atoms with Gasteiger partial charge in [-0.2, -0.15) is 4.98 Å². The first-order valence-corrected chi connectivity index (χ1v) is 18.2. The number of aryl methyl sites for hydroxylation is 1. The second kappa shape index (κ2) is 15.2. The number of benzene rings is 2. The third-order valence-electron chi connectivity index (χ3n) is 9.14. The van der Waals surface area contributed by atoms with Crippen molar-refractivity contribution in [2.45, 2.75) is 39.2 Å². The second-order valence-corrected chi connectivity index (χ2v) is 14.3. The van der Waals surface area contributed by atoms with E-state index in [1.54, 1.807) is 37.6 Å². The van der Waals surface area contributed by atoms with E-state index in [2.05, 4.69) is 93.5 Å². The van der Waals surface area contributed by atoms with Crippen molar-refractivity contribution in [2.24, 2.45) is 0 Å². The van der Waals surface area contributed by atoms with E-state index in [0.29, 0.717) is 17.8 Å². The highest BCUT2D eigenvalue weighted by atomic mass is 79.9. The Bertz CT molecular complexity index is 1680. The highest BCUT2D eigenvalue weighted by molar-refractivity contribution is 9.10. The van der Waals surface area contributed by atoms with Crippen LogP contribution in [-0.4, -0.2) is 102 Å². The zero-order chi connectivity index (χ0) is 32.9. The Morgan fingerprint density at radius 2 is 1.74 bits per heavy atom. The van der Waals surface area contributed by atoms with Crippen molar-refractivity contribution in [3.05, 3.63) is 52.9 Å². The fourth-order valence-electron chi connectivity index (χ4n) is 6.58. The number of nitrogens with zero attached hydrogens (tertiary/aromatic N) is 8. The lowest BCUT2D eigenvalue weighted by atomic mass is 9.99. The van der Waals surface area contributed by atoms with Crippen LogP contribution in [0.1, 0.15) is 32.3 Å². The Labute approximate surface area is 290 Å². The van der Waals surface area contributed by atoms with Crippen molar-refractivity contribution < 1.29 is 4.74 Å². The van der Waals surface area contributed by atoms with Gasteiger partial charge in [0.1, 0.15) is 17.1 Å². The van der Waals surface area contributed by atoms with Crippen LogP contribution in [0.5, 0.6) is 5.75 Å². The number of piperazine rings is 1. The third kappa shape index (κ3) is 7.53. The summed E-state index contributed by atoms with van der Waals surface area (Å²) in [6.07, 6.45) is 8.49. The molecule has 2 aliphatic rings. The van der Waals surface area contributed by atoms with Gasteiger partial charge < -0.3 is 29.5 Å². The topological polar surface area (TPSA) is 97.8 Å². The second-order valence-electron chi connectivity index (χ2n) is 12.0. The number of halogens is 1. The van der Waals surface area contributed by atoms with Gasteiger partial charge in [0.15, 0.2) is 0 Å². The number of likely N-dealkylation sites (N-methyl/N-ethyl adjacent to an activating group) is 1. The van der Waals surface area contributed by atoms with Crippen molar-refractivity contribution in [3.63, 3.8) is 0 Å². The lowest BCUT2D eigenvalue weighted by Gasteiger charge is -2.43. The molecule has 0 unspecified atom stereocenters. The van der Waals surface area contributed by atoms with Gasteiger partial charge in [0.25, 0.3) is 0 Å². The van der Waals surface area contributed by atoms with Crippen molar-refractivity contribution >= 4 is 73.4 Å². The molecule has 2 N–H and O–H groups in total. The van der Waals surface area contributed by atoms with Gasteiger partial charge in [0.05, 0.1) is 34.2 Å². The Hall–Kier alpha value is -3.39. The lowest BCUT2D eigenvalue weighted by Crippen LogP contribution is -2.52. The molecule has 0 radical (unpaired) electrons. The standard InChI is InChI=1S/C34H45BrN10OS/c1-6-23-20-28(30(46-5)21-29(23)45-14-10-24(11-15-45)44-18-16-42(3)17-19-44)40-34-38-22-25(35)33(41-34)39-27-9-8-26-31(37-13-12-36-26)32(27)43(4)47-7-2/h8-9,12-13,20-22,24H,6-7,10-11,14-19H2,1-5H3,(H2,38,39,40,41). The van der Waals surface area contributed by atoms with E-state index >= 15 is 0 Å².